The lowest BCUT2D eigenvalue weighted by molar-refractivity contribution is 0.168. The third-order valence-corrected chi connectivity index (χ3v) is 7.41. The zero-order valence-corrected chi connectivity index (χ0v) is 19.7. The fraction of sp³-hybridized carbons (Fsp3) is 0.591. The number of hydrogen-bond acceptors (Lipinski definition) is 8. The van der Waals surface area contributed by atoms with Crippen molar-refractivity contribution < 1.29 is 13.2 Å². The first-order chi connectivity index (χ1) is 15.4. The lowest BCUT2D eigenvalue weighted by atomic mass is 10.1. The van der Waals surface area contributed by atoms with Crippen molar-refractivity contribution in [3.05, 3.63) is 42.0 Å². The summed E-state index contributed by atoms with van der Waals surface area (Å²) in [6, 6.07) is 3.98. The van der Waals surface area contributed by atoms with Gasteiger partial charge in [-0.2, -0.15) is 4.31 Å². The van der Waals surface area contributed by atoms with E-state index >= 15 is 0 Å². The Kier molecular flexibility index (Phi) is 7.22. The molecule has 9 nitrogen and oxygen atoms in total. The van der Waals surface area contributed by atoms with Crippen molar-refractivity contribution in [3.63, 3.8) is 0 Å². The minimum atomic E-state index is -3.10. The molecular formula is C22H32N6O3S. The summed E-state index contributed by atoms with van der Waals surface area (Å²) in [5, 5.41) is 0. The molecule has 2 aromatic rings. The van der Waals surface area contributed by atoms with Gasteiger partial charge in [0.2, 0.25) is 16.0 Å². The number of ether oxygens (including phenoxy) is 1. The van der Waals surface area contributed by atoms with Crippen LogP contribution in [0.2, 0.25) is 0 Å². The highest BCUT2D eigenvalue weighted by molar-refractivity contribution is 7.88. The molecule has 0 amide bonds. The highest BCUT2D eigenvalue weighted by atomic mass is 32.2. The summed E-state index contributed by atoms with van der Waals surface area (Å²) in [6.07, 6.45) is 9.83. The summed E-state index contributed by atoms with van der Waals surface area (Å²) < 4.78 is 31.0. The second-order valence-electron chi connectivity index (χ2n) is 8.47. The smallest absolute Gasteiger partial charge is 0.225 e. The second kappa shape index (κ2) is 10.1. The van der Waals surface area contributed by atoms with Crippen molar-refractivity contribution in [2.75, 3.05) is 50.4 Å². The maximum absolute atomic E-state index is 11.6. The molecule has 0 N–H and O–H groups in total. The molecule has 0 aliphatic carbocycles. The van der Waals surface area contributed by atoms with Crippen LogP contribution in [0.3, 0.4) is 0 Å². The van der Waals surface area contributed by atoms with Crippen LogP contribution in [-0.2, 0) is 23.0 Å². The summed E-state index contributed by atoms with van der Waals surface area (Å²) in [6.45, 7) is 7.08. The number of piperidine rings is 1. The van der Waals surface area contributed by atoms with E-state index in [0.717, 1.165) is 68.4 Å². The highest BCUT2D eigenvalue weighted by Crippen LogP contribution is 2.21. The topological polar surface area (TPSA) is 91.8 Å². The van der Waals surface area contributed by atoms with Crippen molar-refractivity contribution in [3.8, 4) is 5.75 Å². The molecule has 0 atom stereocenters. The molecule has 0 radical (unpaired) electrons. The van der Waals surface area contributed by atoms with Gasteiger partial charge in [-0.15, -0.1) is 0 Å². The van der Waals surface area contributed by atoms with Crippen LogP contribution in [0.25, 0.3) is 0 Å². The highest BCUT2D eigenvalue weighted by Gasteiger charge is 2.24. The number of rotatable bonds is 7. The molecule has 2 saturated heterocycles. The second-order valence-corrected chi connectivity index (χ2v) is 10.5. The Bertz CT molecular complexity index is 968. The van der Waals surface area contributed by atoms with Crippen LogP contribution in [0.15, 0.2) is 30.7 Å². The zero-order valence-electron chi connectivity index (χ0n) is 18.9. The SMILES string of the molecule is CCc1cnc(N2CCC(Oc3ccc(CN4CCN(S(C)(=O)=O)CC4)nc3)CC2)nc1. The van der Waals surface area contributed by atoms with E-state index in [4.69, 9.17) is 4.74 Å². The van der Waals surface area contributed by atoms with Crippen molar-refractivity contribution in [2.24, 2.45) is 0 Å². The molecule has 4 heterocycles. The first-order valence-corrected chi connectivity index (χ1v) is 13.1. The Labute approximate surface area is 190 Å². The van der Waals surface area contributed by atoms with E-state index in [1.807, 2.05) is 24.5 Å². The first kappa shape index (κ1) is 22.9. The minimum Gasteiger partial charge on any atom is -0.489 e. The first-order valence-electron chi connectivity index (χ1n) is 11.3. The van der Waals surface area contributed by atoms with Crippen molar-refractivity contribution in [1.82, 2.24) is 24.2 Å². The predicted molar refractivity (Wildman–Crippen MR) is 123 cm³/mol. The Morgan fingerprint density at radius 3 is 2.22 bits per heavy atom. The van der Waals surface area contributed by atoms with E-state index < -0.39 is 10.0 Å². The number of aromatic nitrogens is 3. The zero-order chi connectivity index (χ0) is 22.6. The Morgan fingerprint density at radius 2 is 1.66 bits per heavy atom. The fourth-order valence-electron chi connectivity index (χ4n) is 4.08. The van der Waals surface area contributed by atoms with E-state index in [-0.39, 0.29) is 6.10 Å². The number of sulfonamides is 1. The summed E-state index contributed by atoms with van der Waals surface area (Å²) in [4.78, 5) is 18.0. The third kappa shape index (κ3) is 5.93. The number of pyridine rings is 1. The minimum absolute atomic E-state index is 0.165. The Balaban J connectivity index is 1.22. The molecule has 2 aliphatic heterocycles. The molecule has 2 aromatic heterocycles. The molecular weight excluding hydrogens is 428 g/mol. The Morgan fingerprint density at radius 1 is 0.969 bits per heavy atom. The third-order valence-electron chi connectivity index (χ3n) is 6.11. The van der Waals surface area contributed by atoms with Crippen LogP contribution in [0.1, 0.15) is 31.0 Å². The van der Waals surface area contributed by atoms with Gasteiger partial charge in [-0.05, 0) is 24.1 Å². The monoisotopic (exact) mass is 460 g/mol. The number of nitrogens with zero attached hydrogens (tertiary/aromatic N) is 6. The molecule has 32 heavy (non-hydrogen) atoms. The van der Waals surface area contributed by atoms with Crippen LogP contribution >= 0.6 is 0 Å². The van der Waals surface area contributed by atoms with Gasteiger partial charge >= 0.3 is 0 Å². The summed E-state index contributed by atoms with van der Waals surface area (Å²) in [7, 11) is -3.10. The maximum Gasteiger partial charge on any atom is 0.225 e. The number of piperazine rings is 1. The number of hydrogen-bond donors (Lipinski definition) is 0. The van der Waals surface area contributed by atoms with Gasteiger partial charge in [0, 0.05) is 71.0 Å². The van der Waals surface area contributed by atoms with E-state index in [9.17, 15) is 8.42 Å². The lowest BCUT2D eigenvalue weighted by Crippen LogP contribution is -2.47. The van der Waals surface area contributed by atoms with Crippen molar-refractivity contribution >= 4 is 16.0 Å². The summed E-state index contributed by atoms with van der Waals surface area (Å²) >= 11 is 0. The van der Waals surface area contributed by atoms with Gasteiger partial charge in [-0.3, -0.25) is 9.88 Å². The molecule has 0 bridgehead atoms. The van der Waals surface area contributed by atoms with E-state index in [2.05, 4.69) is 31.7 Å². The van der Waals surface area contributed by atoms with Crippen LogP contribution in [-0.4, -0.2) is 84.2 Å². The average molecular weight is 461 g/mol. The van der Waals surface area contributed by atoms with Crippen LogP contribution in [0, 0.1) is 0 Å². The van der Waals surface area contributed by atoms with Gasteiger partial charge < -0.3 is 9.64 Å². The van der Waals surface area contributed by atoms with E-state index in [0.29, 0.717) is 19.6 Å². The molecule has 0 aromatic carbocycles. The molecule has 4 rings (SSSR count). The molecule has 174 valence electrons. The van der Waals surface area contributed by atoms with E-state index in [1.54, 1.807) is 6.20 Å². The van der Waals surface area contributed by atoms with Crippen molar-refractivity contribution in [2.45, 2.75) is 38.8 Å². The van der Waals surface area contributed by atoms with Crippen LogP contribution in [0.5, 0.6) is 5.75 Å². The Hall–Kier alpha value is -2.30. The average Bonchev–Trinajstić information content (AvgIpc) is 2.81. The van der Waals surface area contributed by atoms with Gasteiger partial charge in [-0.25, -0.2) is 18.4 Å². The molecule has 0 saturated carbocycles. The standard InChI is InChI=1S/C22H32N6O3S/c1-3-18-14-24-22(25-15-18)27-8-6-20(7-9-27)31-21-5-4-19(23-16-21)17-26-10-12-28(13-11-26)32(2,29)30/h4-5,14-16,20H,3,6-13,17H2,1-2H3. The normalized spacial score (nSPS) is 19.2. The van der Waals surface area contributed by atoms with Crippen molar-refractivity contribution in [1.29, 1.82) is 0 Å². The molecule has 0 spiro atoms. The quantitative estimate of drug-likeness (QED) is 0.615. The van der Waals surface area contributed by atoms with Gasteiger partial charge in [-0.1, -0.05) is 6.92 Å². The summed E-state index contributed by atoms with van der Waals surface area (Å²) in [5.41, 5.74) is 2.12. The fourth-order valence-corrected chi connectivity index (χ4v) is 4.91. The maximum atomic E-state index is 11.6. The van der Waals surface area contributed by atoms with Gasteiger partial charge in [0.15, 0.2) is 0 Å². The molecule has 2 aliphatic rings. The van der Waals surface area contributed by atoms with Crippen LogP contribution in [0.4, 0.5) is 5.95 Å². The van der Waals surface area contributed by atoms with Gasteiger partial charge in [0.25, 0.3) is 0 Å². The van der Waals surface area contributed by atoms with Gasteiger partial charge in [0.1, 0.15) is 11.9 Å². The van der Waals surface area contributed by atoms with Crippen LogP contribution < -0.4 is 9.64 Å². The van der Waals surface area contributed by atoms with Gasteiger partial charge in [0.05, 0.1) is 18.1 Å². The largest absolute Gasteiger partial charge is 0.489 e. The summed E-state index contributed by atoms with van der Waals surface area (Å²) in [5.74, 6) is 1.58. The number of anilines is 1. The molecule has 2 fully saturated rings. The number of aryl methyl sites for hydroxylation is 1. The molecule has 10 heteroatoms. The lowest BCUT2D eigenvalue weighted by Gasteiger charge is -2.33. The van der Waals surface area contributed by atoms with E-state index in [1.165, 1.54) is 10.6 Å². The molecule has 0 unspecified atom stereocenters. The predicted octanol–water partition coefficient (Wildman–Crippen LogP) is 1.56.